The zero-order chi connectivity index (χ0) is 24.6. The minimum absolute atomic E-state index is 0.123. The summed E-state index contributed by atoms with van der Waals surface area (Å²) in [5.41, 5.74) is -0.301. The molecule has 4 atom stereocenters. The molecule has 2 fully saturated rings. The van der Waals surface area contributed by atoms with Gasteiger partial charge in [0.05, 0.1) is 36.3 Å². The van der Waals surface area contributed by atoms with Crippen molar-refractivity contribution in [2.24, 2.45) is 0 Å². The number of morpholine rings is 1. The Balaban J connectivity index is 1.41. The molecular formula is C22H27FN3O7S-. The number of benzene rings is 1. The lowest BCUT2D eigenvalue weighted by Gasteiger charge is -2.48. The van der Waals surface area contributed by atoms with Gasteiger partial charge in [0, 0.05) is 5.56 Å². The van der Waals surface area contributed by atoms with E-state index in [1.54, 1.807) is 11.8 Å². The Bertz CT molecular complexity index is 1060. The van der Waals surface area contributed by atoms with Crippen LogP contribution in [0.5, 0.6) is 0 Å². The van der Waals surface area contributed by atoms with Crippen molar-refractivity contribution in [1.29, 1.82) is 0 Å². The fourth-order valence-corrected chi connectivity index (χ4v) is 4.63. The molecule has 12 heteroatoms. The normalized spacial score (nSPS) is 24.5. The van der Waals surface area contributed by atoms with E-state index in [9.17, 15) is 17.9 Å². The number of hydrogen-bond acceptors (Lipinski definition) is 9. The number of aromatic nitrogens is 2. The first-order valence-electron chi connectivity index (χ1n) is 11.0. The van der Waals surface area contributed by atoms with Crippen molar-refractivity contribution in [1.82, 2.24) is 15.0 Å². The molecule has 2 bridgehead atoms. The van der Waals surface area contributed by atoms with E-state index in [1.807, 2.05) is 20.8 Å². The molecule has 0 N–H and O–H groups in total. The quantitative estimate of drug-likeness (QED) is 0.573. The van der Waals surface area contributed by atoms with Gasteiger partial charge in [-0.05, 0) is 69.8 Å². The van der Waals surface area contributed by atoms with Crippen LogP contribution < -0.4 is 0 Å². The number of rotatable bonds is 5. The molecule has 1 amide bonds. The number of carbonyl (C=O) groups excluding carboxylic acids is 1. The monoisotopic (exact) mass is 496 g/mol. The molecule has 2 aromatic rings. The first kappa shape index (κ1) is 24.7. The Labute approximate surface area is 199 Å². The molecule has 4 rings (SSSR count). The maximum Gasteiger partial charge on any atom is 0.410 e. The lowest BCUT2D eigenvalue weighted by atomic mass is 9.92. The largest absolute Gasteiger partial charge is 0.768 e. The Morgan fingerprint density at radius 2 is 1.97 bits per heavy atom. The van der Waals surface area contributed by atoms with E-state index >= 15 is 0 Å². The molecule has 2 saturated heterocycles. The fraction of sp³-hybridized carbons (Fsp3) is 0.591. The van der Waals surface area contributed by atoms with Crippen molar-refractivity contribution >= 4 is 17.2 Å². The van der Waals surface area contributed by atoms with Crippen LogP contribution in [0.15, 0.2) is 27.6 Å². The Hall–Kier alpha value is -2.41. The van der Waals surface area contributed by atoms with E-state index in [1.165, 1.54) is 6.07 Å². The van der Waals surface area contributed by atoms with Gasteiger partial charge in [0.1, 0.15) is 17.5 Å². The van der Waals surface area contributed by atoms with Crippen molar-refractivity contribution in [3.63, 3.8) is 0 Å². The molecule has 0 aliphatic carbocycles. The minimum atomic E-state index is -2.68. The molecular weight excluding hydrogens is 469 g/mol. The first-order chi connectivity index (χ1) is 16.0. The van der Waals surface area contributed by atoms with E-state index in [0.29, 0.717) is 26.1 Å². The van der Waals surface area contributed by atoms with Crippen LogP contribution in [-0.2, 0) is 25.3 Å². The number of hydrogen-bond donors (Lipinski definition) is 0. The van der Waals surface area contributed by atoms with E-state index in [2.05, 4.69) is 10.1 Å². The van der Waals surface area contributed by atoms with Crippen LogP contribution in [0.4, 0.5) is 9.18 Å². The van der Waals surface area contributed by atoms with E-state index in [0.717, 1.165) is 12.1 Å². The maximum atomic E-state index is 14.0. The topological polar surface area (TPSA) is 127 Å². The van der Waals surface area contributed by atoms with E-state index < -0.39 is 33.5 Å². The molecule has 3 heterocycles. The molecule has 4 unspecified atom stereocenters. The number of ether oxygens (including phenoxy) is 3. The lowest BCUT2D eigenvalue weighted by molar-refractivity contribution is -0.131. The third-order valence-electron chi connectivity index (χ3n) is 5.64. The van der Waals surface area contributed by atoms with Gasteiger partial charge in [0.15, 0.2) is 0 Å². The van der Waals surface area contributed by atoms with Crippen LogP contribution >= 0.6 is 0 Å². The van der Waals surface area contributed by atoms with Crippen molar-refractivity contribution < 1.29 is 36.7 Å². The van der Waals surface area contributed by atoms with Gasteiger partial charge < -0.3 is 23.3 Å². The highest BCUT2D eigenvalue weighted by molar-refractivity contribution is 7.79. The predicted octanol–water partition coefficient (Wildman–Crippen LogP) is 3.36. The summed E-state index contributed by atoms with van der Waals surface area (Å²) in [5.74, 6) is -0.563. The van der Waals surface area contributed by atoms with Crippen LogP contribution in [0.1, 0.15) is 52.5 Å². The van der Waals surface area contributed by atoms with Crippen LogP contribution in [0, 0.1) is 5.82 Å². The summed E-state index contributed by atoms with van der Waals surface area (Å²) in [6.45, 7) is 8.09. The molecule has 2 aliphatic rings. The van der Waals surface area contributed by atoms with Gasteiger partial charge in [-0.25, -0.2) is 9.18 Å². The molecule has 186 valence electrons. The zero-order valence-corrected chi connectivity index (χ0v) is 20.2. The minimum Gasteiger partial charge on any atom is -0.768 e. The number of piperidine rings is 1. The van der Waals surface area contributed by atoms with Crippen molar-refractivity contribution in [3.05, 3.63) is 29.9 Å². The second kappa shape index (κ2) is 9.68. The van der Waals surface area contributed by atoms with Crippen molar-refractivity contribution in [2.75, 3.05) is 13.2 Å². The third-order valence-corrected chi connectivity index (χ3v) is 6.33. The standard InChI is InChI=1S/C22H28FN3O7S/c1-12(20-24-19(25-33-20)13-5-6-18(34(28)29)17(23)7-13)31-16-8-14-10-30-11-15(9-16)26(14)21(27)32-22(2,3)4/h5-7,12,14-16H,8-11H2,1-4H3,(H,28,29)/p-1. The predicted molar refractivity (Wildman–Crippen MR) is 116 cm³/mol. The number of carbonyl (C=O) groups is 1. The van der Waals surface area contributed by atoms with Gasteiger partial charge in [-0.2, -0.15) is 4.98 Å². The Morgan fingerprint density at radius 1 is 1.29 bits per heavy atom. The summed E-state index contributed by atoms with van der Waals surface area (Å²) in [7, 11) is 0. The average Bonchev–Trinajstić information content (AvgIpc) is 3.22. The summed E-state index contributed by atoms with van der Waals surface area (Å²) >= 11 is -2.68. The van der Waals surface area contributed by atoms with Gasteiger partial charge in [0.2, 0.25) is 5.82 Å². The summed E-state index contributed by atoms with van der Waals surface area (Å²) < 4.78 is 58.7. The molecule has 0 spiro atoms. The van der Waals surface area contributed by atoms with Crippen LogP contribution in [0.3, 0.4) is 0 Å². The number of amides is 1. The SMILES string of the molecule is CC(OC1CC2COCC(C1)N2C(=O)OC(C)(C)C)c1nc(-c2ccc(S(=O)[O-])c(F)c2)no1. The molecule has 34 heavy (non-hydrogen) atoms. The Morgan fingerprint density at radius 3 is 2.56 bits per heavy atom. The molecule has 0 saturated carbocycles. The fourth-order valence-electron chi connectivity index (χ4n) is 4.23. The number of halogens is 1. The second-order valence-electron chi connectivity index (χ2n) is 9.44. The summed E-state index contributed by atoms with van der Waals surface area (Å²) in [4.78, 5) is 18.3. The molecule has 10 nitrogen and oxygen atoms in total. The van der Waals surface area contributed by atoms with Gasteiger partial charge in [-0.15, -0.1) is 0 Å². The van der Waals surface area contributed by atoms with Crippen LogP contribution in [0.25, 0.3) is 11.4 Å². The van der Waals surface area contributed by atoms with Crippen molar-refractivity contribution in [3.8, 4) is 11.4 Å². The number of nitrogens with zero attached hydrogens (tertiary/aromatic N) is 3. The van der Waals surface area contributed by atoms with Gasteiger partial charge in [-0.3, -0.25) is 9.11 Å². The lowest BCUT2D eigenvalue weighted by Crippen LogP contribution is -2.61. The molecule has 0 radical (unpaired) electrons. The highest BCUT2D eigenvalue weighted by Crippen LogP contribution is 2.33. The zero-order valence-electron chi connectivity index (χ0n) is 19.4. The highest BCUT2D eigenvalue weighted by Gasteiger charge is 2.44. The number of fused-ring (bicyclic) bond motifs is 2. The maximum absolute atomic E-state index is 14.0. The summed E-state index contributed by atoms with van der Waals surface area (Å²) in [6, 6.07) is 3.26. The molecule has 2 aliphatic heterocycles. The molecule has 1 aromatic carbocycles. The van der Waals surface area contributed by atoms with Gasteiger partial charge in [-0.1, -0.05) is 5.16 Å². The first-order valence-corrected chi connectivity index (χ1v) is 12.1. The van der Waals surface area contributed by atoms with Crippen LogP contribution in [0.2, 0.25) is 0 Å². The second-order valence-corrected chi connectivity index (χ2v) is 10.3. The van der Waals surface area contributed by atoms with E-state index in [-0.39, 0.29) is 41.6 Å². The average molecular weight is 497 g/mol. The smallest absolute Gasteiger partial charge is 0.410 e. The molecule has 1 aromatic heterocycles. The van der Waals surface area contributed by atoms with Crippen LogP contribution in [-0.4, -0.2) is 66.9 Å². The summed E-state index contributed by atoms with van der Waals surface area (Å²) in [6.07, 6.45) is 0.0871. The van der Waals surface area contributed by atoms with Gasteiger partial charge >= 0.3 is 6.09 Å². The highest BCUT2D eigenvalue weighted by atomic mass is 32.2. The Kier molecular flexibility index (Phi) is 7.04. The summed E-state index contributed by atoms with van der Waals surface area (Å²) in [5, 5.41) is 3.87. The van der Waals surface area contributed by atoms with Gasteiger partial charge in [0.25, 0.3) is 5.89 Å². The van der Waals surface area contributed by atoms with Crippen molar-refractivity contribution in [2.45, 2.75) is 75.3 Å². The van der Waals surface area contributed by atoms with E-state index in [4.69, 9.17) is 18.7 Å². The third kappa shape index (κ3) is 5.45.